The van der Waals surface area contributed by atoms with Gasteiger partial charge in [0.05, 0.1) is 24.8 Å². The normalized spacial score (nSPS) is 17.4. The van der Waals surface area contributed by atoms with Crippen LogP contribution in [0.2, 0.25) is 0 Å². The predicted molar refractivity (Wildman–Crippen MR) is 70.8 cm³/mol. The first-order valence-electron chi connectivity index (χ1n) is 6.68. The number of ether oxygens (including phenoxy) is 1. The fraction of sp³-hybridized carbons (Fsp3) is 0.500. The van der Waals surface area contributed by atoms with Crippen LogP contribution in [0.4, 0.5) is 18.0 Å². The Morgan fingerprint density at radius 3 is 2.33 bits per heavy atom. The summed E-state index contributed by atoms with van der Waals surface area (Å²) >= 11 is 0. The second-order valence-electron chi connectivity index (χ2n) is 4.89. The number of nitrogens with one attached hydrogen (secondary N) is 1. The molecule has 1 aromatic rings. The lowest BCUT2D eigenvalue weighted by Crippen LogP contribution is -2.46. The smallest absolute Gasteiger partial charge is 0.378 e. The van der Waals surface area contributed by atoms with Crippen molar-refractivity contribution >= 4 is 6.03 Å². The van der Waals surface area contributed by atoms with Crippen molar-refractivity contribution in [3.05, 3.63) is 35.4 Å². The van der Waals surface area contributed by atoms with Crippen molar-refractivity contribution < 1.29 is 22.7 Å². The van der Waals surface area contributed by atoms with Gasteiger partial charge in [-0.1, -0.05) is 12.1 Å². The number of morpholine rings is 1. The fourth-order valence-electron chi connectivity index (χ4n) is 2.09. The van der Waals surface area contributed by atoms with Gasteiger partial charge in [0.2, 0.25) is 0 Å². The average molecular weight is 302 g/mol. The number of hydrogen-bond donors (Lipinski definition) is 1. The molecule has 7 heteroatoms. The van der Waals surface area contributed by atoms with Crippen molar-refractivity contribution in [1.29, 1.82) is 0 Å². The van der Waals surface area contributed by atoms with Crippen molar-refractivity contribution in [2.24, 2.45) is 0 Å². The standard InChI is InChI=1S/C14H17F3N2O2/c1-10(18-13(20)19-6-8-21-9-7-19)11-2-4-12(5-3-11)14(15,16)17/h2-5,10H,6-9H2,1H3,(H,18,20). The molecule has 1 saturated heterocycles. The number of carbonyl (C=O) groups is 1. The van der Waals surface area contributed by atoms with Crippen LogP contribution < -0.4 is 5.32 Å². The first-order valence-corrected chi connectivity index (χ1v) is 6.68. The minimum Gasteiger partial charge on any atom is -0.378 e. The molecule has 0 radical (unpaired) electrons. The lowest BCUT2D eigenvalue weighted by Gasteiger charge is -2.28. The van der Waals surface area contributed by atoms with E-state index in [4.69, 9.17) is 4.74 Å². The first kappa shape index (κ1) is 15.6. The van der Waals surface area contributed by atoms with E-state index in [-0.39, 0.29) is 12.1 Å². The molecular formula is C14H17F3N2O2. The van der Waals surface area contributed by atoms with Gasteiger partial charge >= 0.3 is 12.2 Å². The quantitative estimate of drug-likeness (QED) is 0.912. The van der Waals surface area contributed by atoms with Crippen LogP contribution >= 0.6 is 0 Å². The van der Waals surface area contributed by atoms with Crippen LogP contribution in [0.3, 0.4) is 0 Å². The van der Waals surface area contributed by atoms with E-state index < -0.39 is 11.7 Å². The Morgan fingerprint density at radius 2 is 1.81 bits per heavy atom. The van der Waals surface area contributed by atoms with Crippen LogP contribution in [0.15, 0.2) is 24.3 Å². The lowest BCUT2D eigenvalue weighted by atomic mass is 10.1. The number of amides is 2. The zero-order chi connectivity index (χ0) is 15.5. The van der Waals surface area contributed by atoms with Crippen molar-refractivity contribution in [3.63, 3.8) is 0 Å². The molecule has 21 heavy (non-hydrogen) atoms. The second kappa shape index (κ2) is 6.34. The van der Waals surface area contributed by atoms with E-state index in [0.29, 0.717) is 31.9 Å². The topological polar surface area (TPSA) is 41.6 Å². The number of benzene rings is 1. The van der Waals surface area contributed by atoms with E-state index in [1.807, 2.05) is 0 Å². The molecule has 2 amide bonds. The molecule has 0 aromatic heterocycles. The zero-order valence-electron chi connectivity index (χ0n) is 11.6. The lowest BCUT2D eigenvalue weighted by molar-refractivity contribution is -0.137. The SMILES string of the molecule is CC(NC(=O)N1CCOCC1)c1ccc(C(F)(F)F)cc1. The molecule has 0 bridgehead atoms. The van der Waals surface area contributed by atoms with Crippen molar-refractivity contribution in [3.8, 4) is 0 Å². The van der Waals surface area contributed by atoms with Crippen molar-refractivity contribution in [1.82, 2.24) is 10.2 Å². The Balaban J connectivity index is 1.96. The van der Waals surface area contributed by atoms with E-state index in [9.17, 15) is 18.0 Å². The van der Waals surface area contributed by atoms with Gasteiger partial charge in [-0.25, -0.2) is 4.79 Å². The third-order valence-electron chi connectivity index (χ3n) is 3.38. The number of rotatable bonds is 2. The summed E-state index contributed by atoms with van der Waals surface area (Å²) in [5.41, 5.74) is -0.0671. The predicted octanol–water partition coefficient (Wildman–Crippen LogP) is 2.81. The molecule has 4 nitrogen and oxygen atoms in total. The Kier molecular flexibility index (Phi) is 4.72. The van der Waals surface area contributed by atoms with Crippen molar-refractivity contribution in [2.45, 2.75) is 19.1 Å². The highest BCUT2D eigenvalue weighted by atomic mass is 19.4. The molecule has 1 aromatic carbocycles. The Hall–Kier alpha value is -1.76. The van der Waals surface area contributed by atoms with Gasteiger partial charge < -0.3 is 15.0 Å². The molecule has 1 heterocycles. The second-order valence-corrected chi connectivity index (χ2v) is 4.89. The summed E-state index contributed by atoms with van der Waals surface area (Å²) in [7, 11) is 0. The largest absolute Gasteiger partial charge is 0.416 e. The molecule has 1 unspecified atom stereocenters. The minimum atomic E-state index is -4.35. The number of nitrogens with zero attached hydrogens (tertiary/aromatic N) is 1. The average Bonchev–Trinajstić information content (AvgIpc) is 2.47. The third-order valence-corrected chi connectivity index (χ3v) is 3.38. The van der Waals surface area contributed by atoms with Crippen LogP contribution in [-0.2, 0) is 10.9 Å². The van der Waals surface area contributed by atoms with Crippen molar-refractivity contribution in [2.75, 3.05) is 26.3 Å². The Bertz CT molecular complexity index is 482. The third kappa shape index (κ3) is 4.10. The maximum Gasteiger partial charge on any atom is 0.416 e. The molecule has 0 aliphatic carbocycles. The zero-order valence-corrected chi connectivity index (χ0v) is 11.6. The van der Waals surface area contributed by atoms with Crippen LogP contribution in [0.5, 0.6) is 0 Å². The van der Waals surface area contributed by atoms with Gasteiger partial charge in [-0.3, -0.25) is 0 Å². The van der Waals surface area contributed by atoms with Gasteiger partial charge in [0, 0.05) is 13.1 Å². The summed E-state index contributed by atoms with van der Waals surface area (Å²) in [5, 5.41) is 2.77. The highest BCUT2D eigenvalue weighted by Gasteiger charge is 2.30. The molecule has 0 saturated carbocycles. The van der Waals surface area contributed by atoms with E-state index in [1.165, 1.54) is 12.1 Å². The monoisotopic (exact) mass is 302 g/mol. The summed E-state index contributed by atoms with van der Waals surface area (Å²) in [5.74, 6) is 0. The Labute approximate surface area is 120 Å². The minimum absolute atomic E-state index is 0.231. The van der Waals surface area contributed by atoms with Gasteiger partial charge in [0.25, 0.3) is 0 Å². The summed E-state index contributed by atoms with van der Waals surface area (Å²) < 4.78 is 42.6. The van der Waals surface area contributed by atoms with Gasteiger partial charge in [0.1, 0.15) is 0 Å². The number of halogens is 3. The van der Waals surface area contributed by atoms with Crippen LogP contribution in [0, 0.1) is 0 Å². The van der Waals surface area contributed by atoms with Gasteiger partial charge in [-0.2, -0.15) is 13.2 Å². The summed E-state index contributed by atoms with van der Waals surface area (Å²) in [4.78, 5) is 13.6. The number of hydrogen-bond acceptors (Lipinski definition) is 2. The first-order chi connectivity index (χ1) is 9.88. The number of alkyl halides is 3. The molecular weight excluding hydrogens is 285 g/mol. The summed E-state index contributed by atoms with van der Waals surface area (Å²) in [6.07, 6.45) is -4.35. The van der Waals surface area contributed by atoms with E-state index >= 15 is 0 Å². The Morgan fingerprint density at radius 1 is 1.24 bits per heavy atom. The molecule has 1 N–H and O–H groups in total. The van der Waals surface area contributed by atoms with Gasteiger partial charge in [-0.05, 0) is 24.6 Å². The van der Waals surface area contributed by atoms with Crippen LogP contribution in [0.25, 0.3) is 0 Å². The molecule has 1 atom stereocenters. The van der Waals surface area contributed by atoms with Crippen LogP contribution in [0.1, 0.15) is 24.1 Å². The van der Waals surface area contributed by atoms with E-state index in [2.05, 4.69) is 5.32 Å². The highest BCUT2D eigenvalue weighted by molar-refractivity contribution is 5.74. The van der Waals surface area contributed by atoms with Gasteiger partial charge in [0.15, 0.2) is 0 Å². The maximum atomic E-state index is 12.5. The molecule has 1 aliphatic rings. The number of carbonyl (C=O) groups excluding carboxylic acids is 1. The molecule has 2 rings (SSSR count). The molecule has 1 aliphatic heterocycles. The number of urea groups is 1. The molecule has 0 spiro atoms. The molecule has 116 valence electrons. The molecule has 1 fully saturated rings. The highest BCUT2D eigenvalue weighted by Crippen LogP contribution is 2.29. The summed E-state index contributed by atoms with van der Waals surface area (Å²) in [6.45, 7) is 3.78. The van der Waals surface area contributed by atoms with Crippen LogP contribution in [-0.4, -0.2) is 37.2 Å². The van der Waals surface area contributed by atoms with E-state index in [1.54, 1.807) is 11.8 Å². The maximum absolute atomic E-state index is 12.5. The van der Waals surface area contributed by atoms with Gasteiger partial charge in [-0.15, -0.1) is 0 Å². The van der Waals surface area contributed by atoms with E-state index in [0.717, 1.165) is 12.1 Å². The fourth-order valence-corrected chi connectivity index (χ4v) is 2.09. The summed E-state index contributed by atoms with van der Waals surface area (Å²) in [6, 6.07) is 4.22.